The van der Waals surface area contributed by atoms with Crippen molar-refractivity contribution in [2.24, 2.45) is 0 Å². The highest BCUT2D eigenvalue weighted by molar-refractivity contribution is 5.95. The Bertz CT molecular complexity index is 830. The number of rotatable bonds is 2. The van der Waals surface area contributed by atoms with Crippen LogP contribution in [0.5, 0.6) is 11.5 Å². The maximum Gasteiger partial charge on any atom is 0.254 e. The number of fused-ring (bicyclic) bond motifs is 1. The van der Waals surface area contributed by atoms with E-state index in [1.54, 1.807) is 0 Å². The minimum absolute atomic E-state index is 0.0984. The van der Waals surface area contributed by atoms with Crippen LogP contribution in [0.15, 0.2) is 36.4 Å². The molecule has 0 N–H and O–H groups in total. The number of ether oxygens (including phenoxy) is 2. The van der Waals surface area contributed by atoms with Gasteiger partial charge in [-0.1, -0.05) is 12.1 Å². The molecule has 1 unspecified atom stereocenters. The van der Waals surface area contributed by atoms with E-state index in [9.17, 15) is 4.79 Å². The molecule has 2 heterocycles. The summed E-state index contributed by atoms with van der Waals surface area (Å²) in [4.78, 5) is 15.1. The zero-order chi connectivity index (χ0) is 18.1. The number of nitrogens with zero attached hydrogens (tertiary/aromatic N) is 1. The number of aryl methyl sites for hydroxylation is 2. The third kappa shape index (κ3) is 3.16. The number of benzene rings is 2. The lowest BCUT2D eigenvalue weighted by Gasteiger charge is -2.26. The smallest absolute Gasteiger partial charge is 0.254 e. The van der Waals surface area contributed by atoms with Crippen molar-refractivity contribution in [2.75, 3.05) is 19.8 Å². The highest BCUT2D eigenvalue weighted by atomic mass is 16.5. The molecule has 136 valence electrons. The highest BCUT2D eigenvalue weighted by Gasteiger charge is 2.31. The Morgan fingerprint density at radius 2 is 1.77 bits per heavy atom. The van der Waals surface area contributed by atoms with E-state index < -0.39 is 0 Å². The first-order chi connectivity index (χ1) is 12.6. The lowest BCUT2D eigenvalue weighted by Crippen LogP contribution is -2.30. The molecule has 2 aliphatic rings. The number of likely N-dealkylation sites (tertiary alicyclic amines) is 1. The molecule has 0 aliphatic carbocycles. The van der Waals surface area contributed by atoms with Gasteiger partial charge in [-0.25, -0.2) is 0 Å². The quantitative estimate of drug-likeness (QED) is 0.803. The molecule has 2 aromatic carbocycles. The van der Waals surface area contributed by atoms with Crippen LogP contribution in [0.3, 0.4) is 0 Å². The summed E-state index contributed by atoms with van der Waals surface area (Å²) >= 11 is 0. The van der Waals surface area contributed by atoms with Crippen molar-refractivity contribution >= 4 is 5.91 Å². The Balaban J connectivity index is 1.61. The van der Waals surface area contributed by atoms with Crippen LogP contribution in [0.4, 0.5) is 0 Å². The molecular formula is C22H25NO3. The van der Waals surface area contributed by atoms with Crippen LogP contribution in [-0.4, -0.2) is 30.6 Å². The molecule has 2 aliphatic heterocycles. The molecule has 4 nitrogen and oxygen atoms in total. The maximum absolute atomic E-state index is 13.1. The van der Waals surface area contributed by atoms with Crippen LogP contribution in [0, 0.1) is 13.8 Å². The fourth-order valence-electron chi connectivity index (χ4n) is 3.78. The molecular weight excluding hydrogens is 326 g/mol. The van der Waals surface area contributed by atoms with Crippen molar-refractivity contribution in [3.8, 4) is 11.5 Å². The van der Waals surface area contributed by atoms with E-state index in [0.29, 0.717) is 13.2 Å². The van der Waals surface area contributed by atoms with Gasteiger partial charge in [-0.15, -0.1) is 0 Å². The second-order valence-electron chi connectivity index (χ2n) is 7.21. The summed E-state index contributed by atoms with van der Waals surface area (Å²) in [5, 5.41) is 0. The Hall–Kier alpha value is -2.49. The SMILES string of the molecule is Cc1ccc(C(=O)N2CCCC2c2ccc3c(c2)OCCCO3)cc1C. The summed E-state index contributed by atoms with van der Waals surface area (Å²) in [5.74, 6) is 1.71. The lowest BCUT2D eigenvalue weighted by atomic mass is 10.0. The van der Waals surface area contributed by atoms with Gasteiger partial charge in [0.05, 0.1) is 19.3 Å². The fourth-order valence-corrected chi connectivity index (χ4v) is 3.78. The van der Waals surface area contributed by atoms with Gasteiger partial charge >= 0.3 is 0 Å². The van der Waals surface area contributed by atoms with Gasteiger partial charge in [0, 0.05) is 18.5 Å². The second kappa shape index (κ2) is 7.02. The molecule has 26 heavy (non-hydrogen) atoms. The topological polar surface area (TPSA) is 38.8 Å². The first-order valence-electron chi connectivity index (χ1n) is 9.41. The Morgan fingerprint density at radius 1 is 0.962 bits per heavy atom. The number of hydrogen-bond acceptors (Lipinski definition) is 3. The van der Waals surface area contributed by atoms with Crippen molar-refractivity contribution in [3.63, 3.8) is 0 Å². The van der Waals surface area contributed by atoms with Gasteiger partial charge in [-0.3, -0.25) is 4.79 Å². The molecule has 4 heteroatoms. The predicted molar refractivity (Wildman–Crippen MR) is 101 cm³/mol. The highest BCUT2D eigenvalue weighted by Crippen LogP contribution is 2.38. The molecule has 0 spiro atoms. The van der Waals surface area contributed by atoms with Crippen molar-refractivity contribution in [2.45, 2.75) is 39.2 Å². The number of carbonyl (C=O) groups is 1. The number of carbonyl (C=O) groups excluding carboxylic acids is 1. The molecule has 1 amide bonds. The van der Waals surface area contributed by atoms with E-state index in [2.05, 4.69) is 26.0 Å². The zero-order valence-electron chi connectivity index (χ0n) is 15.5. The minimum atomic E-state index is 0.0984. The molecule has 4 rings (SSSR count). The third-order valence-corrected chi connectivity index (χ3v) is 5.42. The Morgan fingerprint density at radius 3 is 2.58 bits per heavy atom. The largest absolute Gasteiger partial charge is 0.490 e. The molecule has 0 bridgehead atoms. The first-order valence-corrected chi connectivity index (χ1v) is 9.41. The number of hydrogen-bond donors (Lipinski definition) is 0. The third-order valence-electron chi connectivity index (χ3n) is 5.42. The zero-order valence-corrected chi connectivity index (χ0v) is 15.5. The normalized spacial score (nSPS) is 19.3. The summed E-state index contributed by atoms with van der Waals surface area (Å²) in [7, 11) is 0. The molecule has 1 fully saturated rings. The molecule has 1 atom stereocenters. The van der Waals surface area contributed by atoms with Gasteiger partial charge < -0.3 is 14.4 Å². The van der Waals surface area contributed by atoms with Crippen LogP contribution in [0.25, 0.3) is 0 Å². The first kappa shape index (κ1) is 17.0. The van der Waals surface area contributed by atoms with E-state index >= 15 is 0 Å². The van der Waals surface area contributed by atoms with Crippen molar-refractivity contribution in [1.82, 2.24) is 4.90 Å². The van der Waals surface area contributed by atoms with Crippen molar-refractivity contribution < 1.29 is 14.3 Å². The predicted octanol–water partition coefficient (Wildman–Crippen LogP) is 4.44. The summed E-state index contributed by atoms with van der Waals surface area (Å²) in [6.45, 7) is 6.28. The van der Waals surface area contributed by atoms with Crippen LogP contribution < -0.4 is 9.47 Å². The van der Waals surface area contributed by atoms with Crippen molar-refractivity contribution in [1.29, 1.82) is 0 Å². The van der Waals surface area contributed by atoms with Crippen LogP contribution in [0.1, 0.15) is 52.4 Å². The van der Waals surface area contributed by atoms with Crippen LogP contribution >= 0.6 is 0 Å². The van der Waals surface area contributed by atoms with Gasteiger partial charge in [0.2, 0.25) is 0 Å². The van der Waals surface area contributed by atoms with Crippen LogP contribution in [-0.2, 0) is 0 Å². The van der Waals surface area contributed by atoms with Gasteiger partial charge in [0.1, 0.15) is 0 Å². The molecule has 2 aromatic rings. The summed E-state index contributed by atoms with van der Waals surface area (Å²) in [6, 6.07) is 12.2. The second-order valence-corrected chi connectivity index (χ2v) is 7.21. The van der Waals surface area contributed by atoms with E-state index in [4.69, 9.17) is 9.47 Å². The van der Waals surface area contributed by atoms with E-state index in [1.165, 1.54) is 5.56 Å². The lowest BCUT2D eigenvalue weighted by molar-refractivity contribution is 0.0735. The van der Waals surface area contributed by atoms with Gasteiger partial charge in [0.15, 0.2) is 11.5 Å². The van der Waals surface area contributed by atoms with E-state index in [1.807, 2.05) is 29.2 Å². The molecule has 0 saturated carbocycles. The van der Waals surface area contributed by atoms with Gasteiger partial charge in [-0.2, -0.15) is 0 Å². The Kier molecular flexibility index (Phi) is 4.58. The maximum atomic E-state index is 13.1. The van der Waals surface area contributed by atoms with Crippen molar-refractivity contribution in [3.05, 3.63) is 58.7 Å². The fraction of sp³-hybridized carbons (Fsp3) is 0.409. The molecule has 1 saturated heterocycles. The summed E-state index contributed by atoms with van der Waals surface area (Å²) < 4.78 is 11.6. The standard InChI is InChI=1S/C22H25NO3/c1-15-6-7-18(13-16(15)2)22(24)23-10-3-5-19(23)17-8-9-20-21(14-17)26-12-4-11-25-20/h6-9,13-14,19H,3-5,10-12H2,1-2H3. The minimum Gasteiger partial charge on any atom is -0.490 e. The van der Waals surface area contributed by atoms with E-state index in [-0.39, 0.29) is 11.9 Å². The van der Waals surface area contributed by atoms with Gasteiger partial charge in [0.25, 0.3) is 5.91 Å². The average molecular weight is 351 g/mol. The van der Waals surface area contributed by atoms with Gasteiger partial charge in [-0.05, 0) is 67.6 Å². The molecule has 0 radical (unpaired) electrons. The van der Waals surface area contributed by atoms with Crippen LogP contribution in [0.2, 0.25) is 0 Å². The number of amides is 1. The van der Waals surface area contributed by atoms with E-state index in [0.717, 1.165) is 54.0 Å². The monoisotopic (exact) mass is 351 g/mol. The summed E-state index contributed by atoms with van der Waals surface area (Å²) in [6.07, 6.45) is 2.90. The molecule has 0 aromatic heterocycles. The summed E-state index contributed by atoms with van der Waals surface area (Å²) in [5.41, 5.74) is 4.27. The Labute approximate surface area is 154 Å². The average Bonchev–Trinajstić information content (AvgIpc) is 3.02.